The molecule has 0 unspecified atom stereocenters. The van der Waals surface area contributed by atoms with Gasteiger partial charge in [0.1, 0.15) is 30.9 Å². The average Bonchev–Trinajstić information content (AvgIpc) is 3.68. The van der Waals surface area contributed by atoms with Crippen molar-refractivity contribution < 1.29 is 32.9 Å². The highest BCUT2D eigenvalue weighted by atomic mass is 19.1. The molecular weight excluding hydrogens is 718 g/mol. The van der Waals surface area contributed by atoms with Gasteiger partial charge in [-0.1, -0.05) is 6.07 Å². The van der Waals surface area contributed by atoms with Crippen molar-refractivity contribution in [2.75, 3.05) is 89.0 Å². The van der Waals surface area contributed by atoms with E-state index in [0.29, 0.717) is 24.2 Å². The van der Waals surface area contributed by atoms with Crippen LogP contribution in [0.1, 0.15) is 64.4 Å². The Morgan fingerprint density at radius 1 is 0.857 bits per heavy atom. The fourth-order valence-electron chi connectivity index (χ4n) is 7.90. The van der Waals surface area contributed by atoms with Gasteiger partial charge < -0.3 is 39.4 Å². The molecule has 0 aliphatic carbocycles. The Hall–Kier alpha value is -4.55. The van der Waals surface area contributed by atoms with E-state index in [1.54, 1.807) is 19.9 Å². The summed E-state index contributed by atoms with van der Waals surface area (Å²) in [7, 11) is 0. The van der Waals surface area contributed by atoms with Gasteiger partial charge in [-0.15, -0.1) is 5.10 Å². The lowest BCUT2D eigenvalue weighted by Gasteiger charge is -2.48. The van der Waals surface area contributed by atoms with E-state index in [4.69, 9.17) is 24.0 Å². The normalized spacial score (nSPS) is 21.1. The van der Waals surface area contributed by atoms with Crippen LogP contribution >= 0.6 is 0 Å². The lowest BCUT2D eigenvalue weighted by molar-refractivity contribution is -0.151. The highest BCUT2D eigenvalue weighted by Gasteiger charge is 2.39. The first-order valence-corrected chi connectivity index (χ1v) is 20.1. The summed E-state index contributed by atoms with van der Waals surface area (Å²) in [6, 6.07) is 16.8. The van der Waals surface area contributed by atoms with Crippen LogP contribution in [0.15, 0.2) is 48.5 Å². The third-order valence-corrected chi connectivity index (χ3v) is 11.3. The molecule has 6 heterocycles. The molecule has 0 saturated carbocycles. The van der Waals surface area contributed by atoms with E-state index >= 15 is 0 Å². The van der Waals surface area contributed by atoms with E-state index in [1.165, 1.54) is 31.4 Å². The van der Waals surface area contributed by atoms with Gasteiger partial charge in [0, 0.05) is 37.0 Å². The molecule has 1 aromatic heterocycles. The molecule has 5 aliphatic heterocycles. The molecule has 13 nitrogen and oxygen atoms in total. The first-order valence-electron chi connectivity index (χ1n) is 20.1. The second-order valence-electron chi connectivity index (χ2n) is 15.0. The van der Waals surface area contributed by atoms with Gasteiger partial charge in [-0.25, -0.2) is 18.7 Å². The average molecular weight is 774 g/mol. The highest BCUT2D eigenvalue weighted by Crippen LogP contribution is 2.40. The molecule has 2 aromatic carbocycles. The number of aromatic nitrogens is 2. The molecule has 0 amide bonds. The Labute approximate surface area is 329 Å². The lowest BCUT2D eigenvalue weighted by Crippen LogP contribution is -2.50. The Morgan fingerprint density at radius 3 is 2.02 bits per heavy atom. The molecule has 3 aromatic rings. The molecule has 0 radical (unpaired) electrons. The maximum absolute atomic E-state index is 14.7. The Bertz CT molecular complexity index is 1760. The van der Waals surface area contributed by atoms with Crippen LogP contribution in [0.25, 0.3) is 16.9 Å². The van der Waals surface area contributed by atoms with Crippen LogP contribution in [-0.4, -0.2) is 118 Å². The zero-order chi connectivity index (χ0) is 39.3. The van der Waals surface area contributed by atoms with Gasteiger partial charge in [0.25, 0.3) is 0 Å². The van der Waals surface area contributed by atoms with E-state index in [1.807, 2.05) is 29.0 Å². The number of benzene rings is 2. The Kier molecular flexibility index (Phi) is 14.7. The van der Waals surface area contributed by atoms with E-state index < -0.39 is 5.82 Å². The number of nitrogens with zero attached hydrogens (tertiary/aromatic N) is 5. The number of nitriles is 1. The molecule has 8 rings (SSSR count). The zero-order valence-corrected chi connectivity index (χ0v) is 32.8. The molecule has 302 valence electrons. The van der Waals surface area contributed by atoms with E-state index in [0.717, 1.165) is 101 Å². The predicted octanol–water partition coefficient (Wildman–Crippen LogP) is 5.31. The van der Waals surface area contributed by atoms with Gasteiger partial charge >= 0.3 is 11.9 Å². The van der Waals surface area contributed by atoms with Crippen molar-refractivity contribution in [2.45, 2.75) is 71.0 Å². The standard InChI is InChI=1S/C33H39FN6O3.C9H17NO3/c1-2-42-32(41)22-43-28-9-14-39(15-10-28)26-5-7-27(8-6-26)40-30(24-3-4-25(21-35)29(34)19-24)20-31(37-40)36-23-33-11-16-38(17-12-33)18-13-33;1-2-12-9(11)7-13-8-3-5-10-6-4-8/h3-8,19-20,28H,2,9-18,22-23H2,1H3,(H,36,37);8,10H,2-7H2,1H3. The number of halogens is 1. The highest BCUT2D eigenvalue weighted by molar-refractivity contribution is 5.71. The number of rotatable bonds is 14. The van der Waals surface area contributed by atoms with Crippen molar-refractivity contribution in [3.63, 3.8) is 0 Å². The van der Waals surface area contributed by atoms with Crippen molar-refractivity contribution in [2.24, 2.45) is 5.41 Å². The molecule has 5 aliphatic rings. The fourth-order valence-corrected chi connectivity index (χ4v) is 7.90. The summed E-state index contributed by atoms with van der Waals surface area (Å²) in [5, 5.41) is 21.0. The molecule has 5 saturated heterocycles. The number of ether oxygens (including phenoxy) is 4. The molecule has 2 bridgehead atoms. The van der Waals surface area contributed by atoms with Crippen LogP contribution < -0.4 is 15.5 Å². The minimum absolute atomic E-state index is 0.00101. The minimum atomic E-state index is -0.542. The quantitative estimate of drug-likeness (QED) is 0.205. The fraction of sp³-hybridized carbons (Fsp3) is 0.571. The number of carbonyl (C=O) groups excluding carboxylic acids is 2. The number of esters is 2. The molecule has 0 atom stereocenters. The minimum Gasteiger partial charge on any atom is -0.464 e. The second-order valence-corrected chi connectivity index (χ2v) is 15.0. The predicted molar refractivity (Wildman–Crippen MR) is 211 cm³/mol. The van der Waals surface area contributed by atoms with Gasteiger partial charge in [-0.3, -0.25) is 0 Å². The van der Waals surface area contributed by atoms with Gasteiger partial charge in [0.2, 0.25) is 0 Å². The third-order valence-electron chi connectivity index (χ3n) is 11.3. The molecule has 14 heteroatoms. The monoisotopic (exact) mass is 773 g/mol. The molecule has 56 heavy (non-hydrogen) atoms. The third kappa shape index (κ3) is 11.1. The topological polar surface area (TPSA) is 143 Å². The summed E-state index contributed by atoms with van der Waals surface area (Å²) in [5.41, 5.74) is 3.72. The van der Waals surface area contributed by atoms with Gasteiger partial charge in [0.05, 0.1) is 42.4 Å². The Morgan fingerprint density at radius 2 is 1.45 bits per heavy atom. The maximum Gasteiger partial charge on any atom is 0.332 e. The van der Waals surface area contributed by atoms with Crippen molar-refractivity contribution >= 4 is 23.4 Å². The lowest BCUT2D eigenvalue weighted by atomic mass is 9.72. The van der Waals surface area contributed by atoms with Crippen molar-refractivity contribution in [3.05, 3.63) is 59.9 Å². The number of carbonyl (C=O) groups is 2. The summed E-state index contributed by atoms with van der Waals surface area (Å²) in [5.74, 6) is -0.364. The number of fused-ring (bicyclic) bond motifs is 3. The van der Waals surface area contributed by atoms with Gasteiger partial charge in [-0.2, -0.15) is 5.26 Å². The largest absolute Gasteiger partial charge is 0.464 e. The number of piperidine rings is 5. The number of hydrogen-bond acceptors (Lipinski definition) is 12. The SMILES string of the molecule is CCOC(=O)COC1CCN(c2ccc(-n3nc(NCC45CCN(CC4)CC5)cc3-c3ccc(C#N)c(F)c3)cc2)CC1.CCOC(=O)COC1CCNCC1. The zero-order valence-electron chi connectivity index (χ0n) is 32.8. The summed E-state index contributed by atoms with van der Waals surface area (Å²) < 4.78 is 37.4. The van der Waals surface area contributed by atoms with Crippen molar-refractivity contribution in [1.82, 2.24) is 20.0 Å². The summed E-state index contributed by atoms with van der Waals surface area (Å²) in [6.07, 6.45) is 7.52. The number of anilines is 2. The molecular formula is C42H56FN7O6. The summed E-state index contributed by atoms with van der Waals surface area (Å²) >= 11 is 0. The van der Waals surface area contributed by atoms with E-state index in [-0.39, 0.29) is 42.9 Å². The summed E-state index contributed by atoms with van der Waals surface area (Å²) in [4.78, 5) is 27.4. The van der Waals surface area contributed by atoms with Gasteiger partial charge in [0.15, 0.2) is 0 Å². The number of nitrogens with one attached hydrogen (secondary N) is 2. The van der Waals surface area contributed by atoms with Crippen LogP contribution in [0.4, 0.5) is 15.9 Å². The second kappa shape index (κ2) is 20.0. The Balaban J connectivity index is 0.000000348. The first kappa shape index (κ1) is 41.1. The maximum atomic E-state index is 14.7. The smallest absolute Gasteiger partial charge is 0.332 e. The van der Waals surface area contributed by atoms with Crippen molar-refractivity contribution in [1.29, 1.82) is 5.26 Å². The van der Waals surface area contributed by atoms with Crippen LogP contribution in [-0.2, 0) is 28.5 Å². The van der Waals surface area contributed by atoms with Gasteiger partial charge in [-0.05, 0) is 133 Å². The molecule has 5 fully saturated rings. The van der Waals surface area contributed by atoms with Crippen LogP contribution in [0, 0.1) is 22.6 Å². The molecule has 0 spiro atoms. The van der Waals surface area contributed by atoms with Crippen LogP contribution in [0.2, 0.25) is 0 Å². The van der Waals surface area contributed by atoms with Crippen LogP contribution in [0.3, 0.4) is 0 Å². The van der Waals surface area contributed by atoms with Crippen LogP contribution in [0.5, 0.6) is 0 Å². The number of hydrogen-bond donors (Lipinski definition) is 2. The van der Waals surface area contributed by atoms with E-state index in [9.17, 15) is 19.2 Å². The molecule has 2 N–H and O–H groups in total. The van der Waals surface area contributed by atoms with E-state index in [2.05, 4.69) is 32.6 Å². The summed E-state index contributed by atoms with van der Waals surface area (Å²) in [6.45, 7) is 12.4. The first-order chi connectivity index (χ1) is 27.3. The van der Waals surface area contributed by atoms with Crippen molar-refractivity contribution in [3.8, 4) is 23.0 Å².